The first-order chi connectivity index (χ1) is 15.3. The van der Waals surface area contributed by atoms with Crippen LogP contribution in [0.25, 0.3) is 0 Å². The van der Waals surface area contributed by atoms with Gasteiger partial charge in [-0.25, -0.2) is 9.59 Å². The summed E-state index contributed by atoms with van der Waals surface area (Å²) in [5.41, 5.74) is 0.571. The Labute approximate surface area is 184 Å². The van der Waals surface area contributed by atoms with Crippen molar-refractivity contribution >= 4 is 23.9 Å². The molecule has 0 bridgehead atoms. The van der Waals surface area contributed by atoms with Crippen molar-refractivity contribution in [1.82, 2.24) is 0 Å². The van der Waals surface area contributed by atoms with Crippen LogP contribution in [0.4, 0.5) is 0 Å². The minimum Gasteiger partial charge on any atom is -0.459 e. The standard InChI is InChI=1S/C23H22O9/c1-14(24)29-20-19(32-22(27)17-11-7-4-8-12-17)18(31-23(20)30-15(2)25)13-28-21(26)16-9-5-3-6-10-16/h3-12,18-20,23H,13H2,1-2H3/t18-,19-,20-,23-/m1/s1/i13+1,18+1,19+1,20+1,23+1. The topological polar surface area (TPSA) is 114 Å². The minimum atomic E-state index is -1.34. The number of hydrogen-bond acceptors (Lipinski definition) is 9. The third kappa shape index (κ3) is 5.92. The second-order valence-corrected chi connectivity index (χ2v) is 6.93. The molecule has 9 heteroatoms. The van der Waals surface area contributed by atoms with Crippen LogP contribution in [-0.2, 0) is 33.3 Å². The van der Waals surface area contributed by atoms with Gasteiger partial charge in [0.1, 0.15) is 12.7 Å². The first kappa shape index (κ1) is 23.0. The zero-order valence-corrected chi connectivity index (χ0v) is 17.5. The summed E-state index contributed by atoms with van der Waals surface area (Å²) in [4.78, 5) is 48.1. The van der Waals surface area contributed by atoms with Crippen LogP contribution in [0.15, 0.2) is 60.7 Å². The van der Waals surface area contributed by atoms with Crippen molar-refractivity contribution in [3.05, 3.63) is 71.8 Å². The van der Waals surface area contributed by atoms with Crippen molar-refractivity contribution in [2.45, 2.75) is 38.4 Å². The molecule has 2 aromatic rings. The van der Waals surface area contributed by atoms with E-state index in [0.29, 0.717) is 5.56 Å². The average Bonchev–Trinajstić information content (AvgIpc) is 3.08. The molecule has 1 fully saturated rings. The summed E-state index contributed by atoms with van der Waals surface area (Å²) in [6.07, 6.45) is -4.83. The van der Waals surface area contributed by atoms with Gasteiger partial charge in [0.15, 0.2) is 6.10 Å². The summed E-state index contributed by atoms with van der Waals surface area (Å²) < 4.78 is 26.8. The summed E-state index contributed by atoms with van der Waals surface area (Å²) in [7, 11) is 0. The molecule has 2 aromatic carbocycles. The Hall–Kier alpha value is -3.72. The highest BCUT2D eigenvalue weighted by molar-refractivity contribution is 5.90. The molecule has 168 valence electrons. The van der Waals surface area contributed by atoms with Gasteiger partial charge < -0.3 is 23.7 Å². The second kappa shape index (κ2) is 10.5. The molecule has 1 aliphatic heterocycles. The zero-order chi connectivity index (χ0) is 23.1. The fourth-order valence-electron chi connectivity index (χ4n) is 3.12. The Morgan fingerprint density at radius 1 is 0.719 bits per heavy atom. The van der Waals surface area contributed by atoms with E-state index >= 15 is 0 Å². The van der Waals surface area contributed by atoms with Gasteiger partial charge in [-0.3, -0.25) is 9.59 Å². The Kier molecular flexibility index (Phi) is 7.56. The third-order valence-corrected chi connectivity index (χ3v) is 4.49. The number of hydrogen-bond donors (Lipinski definition) is 0. The fraction of sp³-hybridized carbons (Fsp3) is 0.304. The van der Waals surface area contributed by atoms with Crippen LogP contribution in [0.3, 0.4) is 0 Å². The molecular formula is C23H22O9. The van der Waals surface area contributed by atoms with Crippen LogP contribution in [0.5, 0.6) is 0 Å². The van der Waals surface area contributed by atoms with Gasteiger partial charge in [0.05, 0.1) is 11.1 Å². The van der Waals surface area contributed by atoms with Crippen LogP contribution in [0.2, 0.25) is 0 Å². The summed E-state index contributed by atoms with van der Waals surface area (Å²) in [5.74, 6) is -2.72. The average molecular weight is 447 g/mol. The number of benzene rings is 2. The Bertz CT molecular complexity index is 958. The molecule has 1 heterocycles. The van der Waals surface area contributed by atoms with Crippen molar-refractivity contribution in [3.63, 3.8) is 0 Å². The SMILES string of the molecule is CC(=O)O[13C@@H]1O[13C@H]([13CH2]OC(=O)c2ccccc2)[13C@@H](OC(=O)c2ccccc2)[13C@H]1OC(C)=O. The van der Waals surface area contributed by atoms with E-state index in [0.717, 1.165) is 13.8 Å². The molecule has 0 radical (unpaired) electrons. The molecule has 0 unspecified atom stereocenters. The lowest BCUT2D eigenvalue weighted by atomic mass is 10.2. The van der Waals surface area contributed by atoms with E-state index in [1.165, 1.54) is 0 Å². The van der Waals surface area contributed by atoms with E-state index in [4.69, 9.17) is 23.7 Å². The molecule has 0 saturated carbocycles. The van der Waals surface area contributed by atoms with Crippen molar-refractivity contribution in [3.8, 4) is 0 Å². The van der Waals surface area contributed by atoms with Gasteiger partial charge >= 0.3 is 23.9 Å². The lowest BCUT2D eigenvalue weighted by Crippen LogP contribution is -2.42. The number of rotatable bonds is 7. The minimum absolute atomic E-state index is 0.255. The van der Waals surface area contributed by atoms with Crippen molar-refractivity contribution < 1.29 is 42.9 Å². The van der Waals surface area contributed by atoms with E-state index < -0.39 is 48.5 Å². The van der Waals surface area contributed by atoms with E-state index in [1.807, 2.05) is 0 Å². The van der Waals surface area contributed by atoms with E-state index in [1.54, 1.807) is 60.7 Å². The normalized spacial score (nSPS) is 21.9. The molecule has 0 amide bonds. The lowest BCUT2D eigenvalue weighted by Gasteiger charge is -2.23. The molecule has 0 N–H and O–H groups in total. The molecule has 32 heavy (non-hydrogen) atoms. The molecule has 1 saturated heterocycles. The van der Waals surface area contributed by atoms with Gasteiger partial charge in [0.25, 0.3) is 0 Å². The first-order valence-electron chi connectivity index (χ1n) is 9.83. The smallest absolute Gasteiger partial charge is 0.338 e. The molecule has 0 aliphatic carbocycles. The van der Waals surface area contributed by atoms with E-state index in [-0.39, 0.29) is 12.2 Å². The van der Waals surface area contributed by atoms with Gasteiger partial charge in [0, 0.05) is 13.8 Å². The summed E-state index contributed by atoms with van der Waals surface area (Å²) in [6, 6.07) is 16.4. The second-order valence-electron chi connectivity index (χ2n) is 6.93. The monoisotopic (exact) mass is 447 g/mol. The largest absolute Gasteiger partial charge is 0.459 e. The number of carbonyl (C=O) groups excluding carboxylic acids is 4. The van der Waals surface area contributed by atoms with Gasteiger partial charge in [-0.1, -0.05) is 36.4 Å². The Balaban J connectivity index is 1.80. The summed E-state index contributed by atoms with van der Waals surface area (Å²) in [6.45, 7) is 1.97. The summed E-state index contributed by atoms with van der Waals surface area (Å²) in [5, 5.41) is 0. The van der Waals surface area contributed by atoms with Gasteiger partial charge in [-0.15, -0.1) is 0 Å². The number of ether oxygens (including phenoxy) is 5. The highest BCUT2D eigenvalue weighted by atomic mass is 16.9. The van der Waals surface area contributed by atoms with E-state index in [9.17, 15) is 19.2 Å². The number of esters is 4. The molecular weight excluding hydrogens is 425 g/mol. The maximum absolute atomic E-state index is 12.6. The van der Waals surface area contributed by atoms with Crippen LogP contribution < -0.4 is 0 Å². The quantitative estimate of drug-likeness (QED) is 0.358. The van der Waals surface area contributed by atoms with Crippen LogP contribution in [0, 0.1) is 0 Å². The molecule has 0 spiro atoms. The number of carbonyl (C=O) groups is 4. The highest BCUT2D eigenvalue weighted by Gasteiger charge is 2.51. The third-order valence-electron chi connectivity index (χ3n) is 4.49. The van der Waals surface area contributed by atoms with E-state index in [2.05, 4.69) is 0 Å². The summed E-state index contributed by atoms with van der Waals surface area (Å²) >= 11 is 0. The fourth-order valence-corrected chi connectivity index (χ4v) is 3.12. The Morgan fingerprint density at radius 2 is 1.25 bits per heavy atom. The molecule has 4 atom stereocenters. The molecule has 3 rings (SSSR count). The zero-order valence-electron chi connectivity index (χ0n) is 17.5. The maximum atomic E-state index is 12.6. The predicted molar refractivity (Wildman–Crippen MR) is 108 cm³/mol. The molecule has 1 aliphatic rings. The van der Waals surface area contributed by atoms with Gasteiger partial charge in [-0.2, -0.15) is 0 Å². The van der Waals surface area contributed by atoms with Crippen LogP contribution >= 0.6 is 0 Å². The first-order valence-corrected chi connectivity index (χ1v) is 9.83. The molecule has 9 nitrogen and oxygen atoms in total. The van der Waals surface area contributed by atoms with Crippen LogP contribution in [0.1, 0.15) is 34.6 Å². The van der Waals surface area contributed by atoms with Gasteiger partial charge in [-0.05, 0) is 24.3 Å². The molecule has 0 aromatic heterocycles. The van der Waals surface area contributed by atoms with Crippen molar-refractivity contribution in [1.29, 1.82) is 0 Å². The Morgan fingerprint density at radius 3 is 1.78 bits per heavy atom. The highest BCUT2D eigenvalue weighted by Crippen LogP contribution is 2.29. The lowest BCUT2D eigenvalue weighted by molar-refractivity contribution is -0.196. The maximum Gasteiger partial charge on any atom is 0.338 e. The van der Waals surface area contributed by atoms with Crippen LogP contribution in [-0.4, -0.2) is 55.1 Å². The van der Waals surface area contributed by atoms with Gasteiger partial charge in [0.2, 0.25) is 12.4 Å². The van der Waals surface area contributed by atoms with Crippen molar-refractivity contribution in [2.24, 2.45) is 0 Å². The predicted octanol–water partition coefficient (Wildman–Crippen LogP) is 2.29. The van der Waals surface area contributed by atoms with Crippen molar-refractivity contribution in [2.75, 3.05) is 6.61 Å².